The topological polar surface area (TPSA) is 34.2 Å². The molecule has 2 rings (SSSR count). The van der Waals surface area contributed by atoms with Crippen LogP contribution < -0.4 is 5.32 Å². The molecule has 0 spiro atoms. The number of aryl methyl sites for hydroxylation is 2. The van der Waals surface area contributed by atoms with Crippen LogP contribution in [0.5, 0.6) is 0 Å². The minimum Gasteiger partial charge on any atom is -0.381 e. The fraction of sp³-hybridized carbons (Fsp3) is 0.769. The van der Waals surface area contributed by atoms with Gasteiger partial charge in [-0.15, -0.1) is 11.3 Å². The van der Waals surface area contributed by atoms with Gasteiger partial charge in [-0.2, -0.15) is 0 Å². The molecule has 0 bridgehead atoms. The third-order valence-electron chi connectivity index (χ3n) is 3.52. The van der Waals surface area contributed by atoms with Gasteiger partial charge in [0, 0.05) is 23.6 Å². The lowest BCUT2D eigenvalue weighted by molar-refractivity contribution is 0.177. The summed E-state index contributed by atoms with van der Waals surface area (Å²) < 4.78 is 5.44. The number of hydrogen-bond donors (Lipinski definition) is 1. The van der Waals surface area contributed by atoms with Crippen LogP contribution in [0.2, 0.25) is 0 Å². The summed E-state index contributed by atoms with van der Waals surface area (Å²) in [6.07, 6.45) is 1.18. The first-order chi connectivity index (χ1) is 8.08. The van der Waals surface area contributed by atoms with Gasteiger partial charge < -0.3 is 10.1 Å². The Morgan fingerprint density at radius 3 is 2.71 bits per heavy atom. The van der Waals surface area contributed by atoms with Crippen LogP contribution in [-0.2, 0) is 4.74 Å². The minimum atomic E-state index is 0.386. The zero-order valence-electron chi connectivity index (χ0n) is 11.1. The van der Waals surface area contributed by atoms with Crippen LogP contribution in [0.15, 0.2) is 0 Å². The molecule has 2 heterocycles. The van der Waals surface area contributed by atoms with E-state index >= 15 is 0 Å². The first kappa shape index (κ1) is 13.0. The summed E-state index contributed by atoms with van der Waals surface area (Å²) >= 11 is 1.80. The van der Waals surface area contributed by atoms with Crippen LogP contribution in [0.3, 0.4) is 0 Å². The molecule has 3 nitrogen and oxygen atoms in total. The number of thiazole rings is 1. The van der Waals surface area contributed by atoms with E-state index in [0.717, 1.165) is 18.2 Å². The fourth-order valence-corrected chi connectivity index (χ4v) is 3.44. The van der Waals surface area contributed by atoms with Crippen molar-refractivity contribution in [3.8, 4) is 0 Å². The summed E-state index contributed by atoms with van der Waals surface area (Å²) in [4.78, 5) is 5.86. The lowest BCUT2D eigenvalue weighted by Gasteiger charge is -2.23. The van der Waals surface area contributed by atoms with Gasteiger partial charge >= 0.3 is 0 Å². The van der Waals surface area contributed by atoms with Crippen LogP contribution in [-0.4, -0.2) is 24.2 Å². The standard InChI is InChI=1S/C13H22N2OS/c1-8(12-5-6-16-7-12)14-9(2)13-10(3)15-11(4)17-13/h8-9,12,14H,5-7H2,1-4H3. The van der Waals surface area contributed by atoms with Gasteiger partial charge in [0.15, 0.2) is 0 Å². The van der Waals surface area contributed by atoms with Crippen molar-refractivity contribution in [3.63, 3.8) is 0 Å². The number of nitrogens with zero attached hydrogens (tertiary/aromatic N) is 1. The molecule has 3 unspecified atom stereocenters. The van der Waals surface area contributed by atoms with Crippen molar-refractivity contribution in [3.05, 3.63) is 15.6 Å². The Bertz CT molecular complexity index is 371. The Labute approximate surface area is 108 Å². The highest BCUT2D eigenvalue weighted by atomic mass is 32.1. The summed E-state index contributed by atoms with van der Waals surface area (Å²) in [7, 11) is 0. The quantitative estimate of drug-likeness (QED) is 0.897. The number of aromatic nitrogens is 1. The van der Waals surface area contributed by atoms with Crippen LogP contribution in [0, 0.1) is 19.8 Å². The Balaban J connectivity index is 1.96. The average molecular weight is 254 g/mol. The molecule has 1 fully saturated rings. The lowest BCUT2D eigenvalue weighted by Crippen LogP contribution is -2.35. The van der Waals surface area contributed by atoms with E-state index in [4.69, 9.17) is 4.74 Å². The van der Waals surface area contributed by atoms with Crippen molar-refractivity contribution in [1.29, 1.82) is 0 Å². The van der Waals surface area contributed by atoms with Crippen molar-refractivity contribution < 1.29 is 4.74 Å². The van der Waals surface area contributed by atoms with Crippen molar-refractivity contribution in [2.45, 2.75) is 46.2 Å². The second-order valence-corrected chi connectivity index (χ2v) is 6.22. The van der Waals surface area contributed by atoms with E-state index in [2.05, 4.69) is 38.0 Å². The van der Waals surface area contributed by atoms with Crippen molar-refractivity contribution in [2.75, 3.05) is 13.2 Å². The Kier molecular flexibility index (Phi) is 4.17. The molecule has 1 N–H and O–H groups in total. The maximum Gasteiger partial charge on any atom is 0.0900 e. The summed E-state index contributed by atoms with van der Waals surface area (Å²) in [6.45, 7) is 10.5. The Morgan fingerprint density at radius 2 is 2.18 bits per heavy atom. The fourth-order valence-electron chi connectivity index (χ4n) is 2.50. The van der Waals surface area contributed by atoms with Gasteiger partial charge in [0.2, 0.25) is 0 Å². The normalized spacial score (nSPS) is 23.9. The predicted octanol–water partition coefficient (Wildman–Crippen LogP) is 2.84. The van der Waals surface area contributed by atoms with Crippen LogP contribution >= 0.6 is 11.3 Å². The molecule has 0 saturated carbocycles. The highest BCUT2D eigenvalue weighted by Crippen LogP contribution is 2.26. The highest BCUT2D eigenvalue weighted by Gasteiger charge is 2.24. The van der Waals surface area contributed by atoms with E-state index in [1.807, 2.05) is 0 Å². The molecular weight excluding hydrogens is 232 g/mol. The Morgan fingerprint density at radius 1 is 1.41 bits per heavy atom. The second kappa shape index (κ2) is 5.46. The lowest BCUT2D eigenvalue weighted by atomic mass is 10.00. The van der Waals surface area contributed by atoms with Crippen LogP contribution in [0.1, 0.15) is 41.9 Å². The van der Waals surface area contributed by atoms with Gasteiger partial charge in [-0.1, -0.05) is 0 Å². The molecule has 0 aromatic carbocycles. The summed E-state index contributed by atoms with van der Waals surface area (Å²) in [5.41, 5.74) is 1.17. The largest absolute Gasteiger partial charge is 0.381 e. The summed E-state index contributed by atoms with van der Waals surface area (Å²) in [6, 6.07) is 0.895. The Hall–Kier alpha value is -0.450. The van der Waals surface area contributed by atoms with E-state index in [1.54, 1.807) is 11.3 Å². The number of hydrogen-bond acceptors (Lipinski definition) is 4. The number of nitrogens with one attached hydrogen (secondary N) is 1. The third kappa shape index (κ3) is 3.06. The SMILES string of the molecule is Cc1nc(C)c(C(C)NC(C)C2CCOC2)s1. The molecular formula is C13H22N2OS. The number of rotatable bonds is 4. The molecule has 1 aromatic rings. The van der Waals surface area contributed by atoms with E-state index in [0.29, 0.717) is 18.0 Å². The maximum absolute atomic E-state index is 5.44. The van der Waals surface area contributed by atoms with Gasteiger partial charge in [0.25, 0.3) is 0 Å². The molecule has 0 radical (unpaired) electrons. The zero-order valence-corrected chi connectivity index (χ0v) is 11.9. The van der Waals surface area contributed by atoms with E-state index in [1.165, 1.54) is 17.0 Å². The van der Waals surface area contributed by atoms with E-state index in [-0.39, 0.29) is 0 Å². The molecule has 0 amide bonds. The van der Waals surface area contributed by atoms with E-state index < -0.39 is 0 Å². The molecule has 1 aromatic heterocycles. The minimum absolute atomic E-state index is 0.386. The number of ether oxygens (including phenoxy) is 1. The summed E-state index contributed by atoms with van der Waals surface area (Å²) in [5.74, 6) is 0.659. The maximum atomic E-state index is 5.44. The van der Waals surface area contributed by atoms with Crippen molar-refractivity contribution >= 4 is 11.3 Å². The predicted molar refractivity (Wildman–Crippen MR) is 71.5 cm³/mol. The van der Waals surface area contributed by atoms with Crippen LogP contribution in [0.4, 0.5) is 0 Å². The zero-order chi connectivity index (χ0) is 12.4. The summed E-state index contributed by atoms with van der Waals surface area (Å²) in [5, 5.41) is 4.84. The monoisotopic (exact) mass is 254 g/mol. The molecule has 3 atom stereocenters. The van der Waals surface area contributed by atoms with Gasteiger partial charge in [-0.25, -0.2) is 4.98 Å². The average Bonchev–Trinajstić information content (AvgIpc) is 2.87. The smallest absolute Gasteiger partial charge is 0.0900 e. The van der Waals surface area contributed by atoms with Gasteiger partial charge in [0.05, 0.1) is 17.3 Å². The molecule has 4 heteroatoms. The van der Waals surface area contributed by atoms with Crippen LogP contribution in [0.25, 0.3) is 0 Å². The molecule has 1 aliphatic heterocycles. The van der Waals surface area contributed by atoms with Gasteiger partial charge in [-0.3, -0.25) is 0 Å². The van der Waals surface area contributed by atoms with E-state index in [9.17, 15) is 0 Å². The van der Waals surface area contributed by atoms with Crippen molar-refractivity contribution in [2.24, 2.45) is 5.92 Å². The first-order valence-corrected chi connectivity index (χ1v) is 7.17. The third-order valence-corrected chi connectivity index (χ3v) is 4.77. The molecule has 96 valence electrons. The first-order valence-electron chi connectivity index (χ1n) is 6.35. The van der Waals surface area contributed by atoms with Gasteiger partial charge in [-0.05, 0) is 40.0 Å². The van der Waals surface area contributed by atoms with Gasteiger partial charge in [0.1, 0.15) is 0 Å². The second-order valence-electron chi connectivity index (χ2n) is 4.98. The molecule has 0 aliphatic carbocycles. The highest BCUT2D eigenvalue weighted by molar-refractivity contribution is 7.11. The molecule has 1 saturated heterocycles. The van der Waals surface area contributed by atoms with Crippen molar-refractivity contribution in [1.82, 2.24) is 10.3 Å². The molecule has 1 aliphatic rings. The molecule has 17 heavy (non-hydrogen) atoms.